The number of nitriles is 1. The largest absolute Gasteiger partial charge is 0.490 e. The predicted molar refractivity (Wildman–Crippen MR) is 117 cm³/mol. The van der Waals surface area contributed by atoms with Gasteiger partial charge >= 0.3 is 11.9 Å². The molecule has 0 aliphatic carbocycles. The van der Waals surface area contributed by atoms with Crippen LogP contribution in [-0.4, -0.2) is 38.4 Å². The summed E-state index contributed by atoms with van der Waals surface area (Å²) in [5.41, 5.74) is 0.361. The van der Waals surface area contributed by atoms with Crippen LogP contribution in [-0.2, 0) is 14.3 Å². The predicted octanol–water partition coefficient (Wildman–Crippen LogP) is 3.94. The molecular weight excluding hydrogens is 414 g/mol. The van der Waals surface area contributed by atoms with Crippen molar-refractivity contribution in [1.29, 1.82) is 5.26 Å². The van der Waals surface area contributed by atoms with E-state index in [2.05, 4.69) is 0 Å². The molecule has 2 aromatic carbocycles. The SMILES string of the molecule is CCOC(=O)/C(C#N)=C/c1ccc(OC(=O)COc2ccccc2OCC)c(OCC)c1. The number of hydrogen-bond donors (Lipinski definition) is 0. The maximum atomic E-state index is 12.3. The van der Waals surface area contributed by atoms with E-state index in [0.717, 1.165) is 0 Å². The van der Waals surface area contributed by atoms with E-state index in [1.807, 2.05) is 13.0 Å². The van der Waals surface area contributed by atoms with E-state index >= 15 is 0 Å². The van der Waals surface area contributed by atoms with Gasteiger partial charge in [0, 0.05) is 0 Å². The van der Waals surface area contributed by atoms with E-state index in [1.165, 1.54) is 12.1 Å². The van der Waals surface area contributed by atoms with Crippen LogP contribution in [0.15, 0.2) is 48.0 Å². The topological polar surface area (TPSA) is 104 Å². The van der Waals surface area contributed by atoms with Crippen LogP contribution in [0.25, 0.3) is 6.08 Å². The summed E-state index contributed by atoms with van der Waals surface area (Å²) in [5, 5.41) is 9.19. The molecule has 0 atom stereocenters. The lowest BCUT2D eigenvalue weighted by Gasteiger charge is -2.13. The monoisotopic (exact) mass is 439 g/mol. The average molecular weight is 439 g/mol. The Morgan fingerprint density at radius 1 is 0.875 bits per heavy atom. The van der Waals surface area contributed by atoms with Crippen LogP contribution >= 0.6 is 0 Å². The zero-order valence-corrected chi connectivity index (χ0v) is 18.3. The Morgan fingerprint density at radius 2 is 1.53 bits per heavy atom. The summed E-state index contributed by atoms with van der Waals surface area (Å²) in [6.07, 6.45) is 1.37. The van der Waals surface area contributed by atoms with Gasteiger partial charge in [-0.2, -0.15) is 5.26 Å². The second-order valence-corrected chi connectivity index (χ2v) is 6.17. The summed E-state index contributed by atoms with van der Waals surface area (Å²) < 4.78 is 26.8. The fraction of sp³-hybridized carbons (Fsp3) is 0.292. The van der Waals surface area contributed by atoms with Gasteiger partial charge in [0.25, 0.3) is 0 Å². The van der Waals surface area contributed by atoms with Crippen molar-refractivity contribution >= 4 is 18.0 Å². The summed E-state index contributed by atoms with van der Waals surface area (Å²) in [6.45, 7) is 5.90. The molecule has 0 radical (unpaired) electrons. The molecule has 0 saturated carbocycles. The van der Waals surface area contributed by atoms with Gasteiger partial charge in [-0.15, -0.1) is 0 Å². The number of nitrogens with zero attached hydrogens (tertiary/aromatic N) is 1. The van der Waals surface area contributed by atoms with E-state index < -0.39 is 11.9 Å². The number of carbonyl (C=O) groups excluding carboxylic acids is 2. The van der Waals surface area contributed by atoms with Gasteiger partial charge in [0.05, 0.1) is 19.8 Å². The van der Waals surface area contributed by atoms with E-state index in [4.69, 9.17) is 23.7 Å². The lowest BCUT2D eigenvalue weighted by molar-refractivity contribution is -0.138. The molecule has 0 spiro atoms. The van der Waals surface area contributed by atoms with Gasteiger partial charge in [-0.1, -0.05) is 18.2 Å². The van der Waals surface area contributed by atoms with Crippen molar-refractivity contribution in [2.45, 2.75) is 20.8 Å². The molecular formula is C24H25NO7. The highest BCUT2D eigenvalue weighted by molar-refractivity contribution is 5.98. The third-order valence-electron chi connectivity index (χ3n) is 3.91. The van der Waals surface area contributed by atoms with Crippen LogP contribution in [0.4, 0.5) is 0 Å². The van der Waals surface area contributed by atoms with Crippen LogP contribution in [0, 0.1) is 11.3 Å². The first-order valence-corrected chi connectivity index (χ1v) is 10.1. The molecule has 2 rings (SSSR count). The fourth-order valence-electron chi connectivity index (χ4n) is 2.61. The molecule has 168 valence electrons. The van der Waals surface area contributed by atoms with Crippen molar-refractivity contribution in [3.63, 3.8) is 0 Å². The number of hydrogen-bond acceptors (Lipinski definition) is 8. The Labute approximate surface area is 186 Å². The standard InChI is InChI=1S/C24H25NO7/c1-4-28-19-9-7-8-10-20(19)31-16-23(26)32-21-12-11-17(14-22(21)29-5-2)13-18(15-25)24(27)30-6-3/h7-14H,4-6,16H2,1-3H3/b18-13+. The van der Waals surface area contributed by atoms with Crippen molar-refractivity contribution in [3.8, 4) is 29.1 Å². The third-order valence-corrected chi connectivity index (χ3v) is 3.91. The molecule has 0 N–H and O–H groups in total. The third kappa shape index (κ3) is 7.06. The number of para-hydroxylation sites is 2. The summed E-state index contributed by atoms with van der Waals surface area (Å²) in [5.74, 6) is 0.0807. The average Bonchev–Trinajstić information content (AvgIpc) is 2.79. The quantitative estimate of drug-likeness (QED) is 0.224. The highest BCUT2D eigenvalue weighted by atomic mass is 16.6. The number of ether oxygens (including phenoxy) is 5. The second kappa shape index (κ2) is 12.6. The molecule has 0 aliphatic heterocycles. The van der Waals surface area contributed by atoms with Gasteiger partial charge in [0.2, 0.25) is 0 Å². The van der Waals surface area contributed by atoms with Crippen LogP contribution in [0.3, 0.4) is 0 Å². The number of esters is 2. The zero-order chi connectivity index (χ0) is 23.3. The molecule has 8 heteroatoms. The Balaban J connectivity index is 2.13. The lowest BCUT2D eigenvalue weighted by atomic mass is 10.1. The fourth-order valence-corrected chi connectivity index (χ4v) is 2.61. The Morgan fingerprint density at radius 3 is 2.16 bits per heavy atom. The van der Waals surface area contributed by atoms with E-state index in [0.29, 0.717) is 30.3 Å². The van der Waals surface area contributed by atoms with Gasteiger partial charge in [0.15, 0.2) is 29.6 Å². The normalized spacial score (nSPS) is 10.6. The summed E-state index contributed by atoms with van der Waals surface area (Å²) in [7, 11) is 0. The van der Waals surface area contributed by atoms with Crippen molar-refractivity contribution in [3.05, 3.63) is 53.6 Å². The highest BCUT2D eigenvalue weighted by Gasteiger charge is 2.15. The van der Waals surface area contributed by atoms with Gasteiger partial charge in [-0.3, -0.25) is 0 Å². The van der Waals surface area contributed by atoms with Gasteiger partial charge in [0.1, 0.15) is 11.6 Å². The van der Waals surface area contributed by atoms with Gasteiger partial charge in [-0.25, -0.2) is 9.59 Å². The molecule has 0 aromatic heterocycles. The number of benzene rings is 2. The molecule has 0 bridgehead atoms. The summed E-state index contributed by atoms with van der Waals surface area (Å²) in [4.78, 5) is 24.1. The Hall–Kier alpha value is -3.99. The number of rotatable bonds is 11. The van der Waals surface area contributed by atoms with Crippen molar-refractivity contribution in [2.75, 3.05) is 26.4 Å². The summed E-state index contributed by atoms with van der Waals surface area (Å²) >= 11 is 0. The molecule has 0 aliphatic rings. The first-order chi connectivity index (χ1) is 15.5. The molecule has 0 amide bonds. The first-order valence-electron chi connectivity index (χ1n) is 10.1. The smallest absolute Gasteiger partial charge is 0.349 e. The van der Waals surface area contributed by atoms with E-state index in [1.54, 1.807) is 50.2 Å². The molecule has 32 heavy (non-hydrogen) atoms. The van der Waals surface area contributed by atoms with Crippen molar-refractivity contribution in [2.24, 2.45) is 0 Å². The molecule has 2 aromatic rings. The van der Waals surface area contributed by atoms with Crippen LogP contribution in [0.5, 0.6) is 23.0 Å². The zero-order valence-electron chi connectivity index (χ0n) is 18.3. The minimum Gasteiger partial charge on any atom is -0.490 e. The van der Waals surface area contributed by atoms with E-state index in [9.17, 15) is 14.9 Å². The minimum atomic E-state index is -0.715. The van der Waals surface area contributed by atoms with Crippen LogP contribution < -0.4 is 18.9 Å². The van der Waals surface area contributed by atoms with Crippen LogP contribution in [0.1, 0.15) is 26.3 Å². The number of carbonyl (C=O) groups is 2. The second-order valence-electron chi connectivity index (χ2n) is 6.17. The minimum absolute atomic E-state index is 0.152. The maximum absolute atomic E-state index is 12.3. The first kappa shape index (κ1) is 24.3. The maximum Gasteiger partial charge on any atom is 0.349 e. The Bertz CT molecular complexity index is 1010. The molecule has 0 heterocycles. The molecule has 0 fully saturated rings. The van der Waals surface area contributed by atoms with Crippen molar-refractivity contribution in [1.82, 2.24) is 0 Å². The lowest BCUT2D eigenvalue weighted by Crippen LogP contribution is -2.18. The van der Waals surface area contributed by atoms with Gasteiger partial charge < -0.3 is 23.7 Å². The van der Waals surface area contributed by atoms with E-state index in [-0.39, 0.29) is 30.3 Å². The Kier molecular flexibility index (Phi) is 9.60. The molecule has 0 saturated heterocycles. The molecule has 8 nitrogen and oxygen atoms in total. The molecule has 0 unspecified atom stereocenters. The van der Waals surface area contributed by atoms with Crippen molar-refractivity contribution < 1.29 is 33.3 Å². The highest BCUT2D eigenvalue weighted by Crippen LogP contribution is 2.30. The summed E-state index contributed by atoms with van der Waals surface area (Å²) in [6, 6.07) is 13.5. The van der Waals surface area contributed by atoms with Crippen LogP contribution in [0.2, 0.25) is 0 Å². The van der Waals surface area contributed by atoms with Gasteiger partial charge in [-0.05, 0) is 56.7 Å².